The lowest BCUT2D eigenvalue weighted by Gasteiger charge is -2.35. The number of benzene rings is 2. The highest BCUT2D eigenvalue weighted by molar-refractivity contribution is 5.51. The zero-order valence-corrected chi connectivity index (χ0v) is 13.8. The van der Waals surface area contributed by atoms with Crippen molar-refractivity contribution < 1.29 is 4.74 Å². The molecule has 2 aromatic carbocycles. The average molecular weight is 295 g/mol. The van der Waals surface area contributed by atoms with E-state index in [9.17, 15) is 0 Å². The second-order valence-corrected chi connectivity index (χ2v) is 6.43. The normalized spacial score (nSPS) is 20.0. The summed E-state index contributed by atoms with van der Waals surface area (Å²) in [7, 11) is 4.29. The van der Waals surface area contributed by atoms with E-state index in [1.54, 1.807) is 0 Å². The Hall–Kier alpha value is -1.80. The van der Waals surface area contributed by atoms with Crippen LogP contribution in [-0.4, -0.2) is 25.5 Å². The van der Waals surface area contributed by atoms with Crippen molar-refractivity contribution in [2.45, 2.75) is 31.8 Å². The van der Waals surface area contributed by atoms with E-state index in [0.29, 0.717) is 6.61 Å². The molecule has 0 spiro atoms. The van der Waals surface area contributed by atoms with Crippen molar-refractivity contribution in [1.29, 1.82) is 0 Å². The number of hydrogen-bond acceptors (Lipinski definition) is 2. The molecule has 0 aliphatic carbocycles. The molecular formula is C20H25NO. The van der Waals surface area contributed by atoms with Crippen molar-refractivity contribution in [3.63, 3.8) is 0 Å². The van der Waals surface area contributed by atoms with Crippen molar-refractivity contribution in [3.05, 3.63) is 65.2 Å². The highest BCUT2D eigenvalue weighted by Crippen LogP contribution is 2.46. The molecule has 1 aliphatic rings. The van der Waals surface area contributed by atoms with Crippen molar-refractivity contribution >= 4 is 0 Å². The first-order valence-corrected chi connectivity index (χ1v) is 8.13. The van der Waals surface area contributed by atoms with Gasteiger partial charge in [-0.1, -0.05) is 49.4 Å². The molecular weight excluding hydrogens is 270 g/mol. The van der Waals surface area contributed by atoms with E-state index in [4.69, 9.17) is 4.74 Å². The quantitative estimate of drug-likeness (QED) is 0.837. The predicted octanol–water partition coefficient (Wildman–Crippen LogP) is 4.23. The first-order chi connectivity index (χ1) is 10.7. The van der Waals surface area contributed by atoms with Crippen LogP contribution in [0.4, 0.5) is 0 Å². The molecule has 0 fully saturated rings. The van der Waals surface area contributed by atoms with Crippen molar-refractivity contribution in [2.24, 2.45) is 0 Å². The molecule has 1 heterocycles. The lowest BCUT2D eigenvalue weighted by Crippen LogP contribution is -2.32. The van der Waals surface area contributed by atoms with Crippen molar-refractivity contribution in [3.8, 4) is 5.75 Å². The predicted molar refractivity (Wildman–Crippen MR) is 91.5 cm³/mol. The van der Waals surface area contributed by atoms with Gasteiger partial charge in [-0.05, 0) is 50.7 Å². The van der Waals surface area contributed by atoms with Crippen LogP contribution in [0.15, 0.2) is 48.5 Å². The largest absolute Gasteiger partial charge is 0.489 e. The van der Waals surface area contributed by atoms with Gasteiger partial charge >= 0.3 is 0 Å². The Balaban J connectivity index is 2.20. The molecule has 1 aliphatic heterocycles. The molecule has 0 radical (unpaired) electrons. The fourth-order valence-electron chi connectivity index (χ4n) is 3.64. The van der Waals surface area contributed by atoms with E-state index in [2.05, 4.69) is 74.4 Å². The van der Waals surface area contributed by atoms with Crippen LogP contribution in [0.1, 0.15) is 36.5 Å². The molecule has 1 atom stereocenters. The Morgan fingerprint density at radius 2 is 1.68 bits per heavy atom. The van der Waals surface area contributed by atoms with E-state index in [-0.39, 0.29) is 5.41 Å². The minimum absolute atomic E-state index is 0.0357. The molecule has 116 valence electrons. The van der Waals surface area contributed by atoms with Gasteiger partial charge in [0.15, 0.2) is 0 Å². The second-order valence-electron chi connectivity index (χ2n) is 6.43. The monoisotopic (exact) mass is 295 g/mol. The van der Waals surface area contributed by atoms with Crippen LogP contribution < -0.4 is 4.74 Å². The van der Waals surface area contributed by atoms with Crippen LogP contribution >= 0.6 is 0 Å². The van der Waals surface area contributed by atoms with Gasteiger partial charge in [-0.15, -0.1) is 0 Å². The molecule has 1 unspecified atom stereocenters. The van der Waals surface area contributed by atoms with Gasteiger partial charge in [-0.2, -0.15) is 0 Å². The van der Waals surface area contributed by atoms with Crippen LogP contribution in [0.3, 0.4) is 0 Å². The van der Waals surface area contributed by atoms with Crippen LogP contribution in [0.25, 0.3) is 0 Å². The Kier molecular flexibility index (Phi) is 4.21. The summed E-state index contributed by atoms with van der Waals surface area (Å²) in [5.41, 5.74) is 4.13. The fourth-order valence-corrected chi connectivity index (χ4v) is 3.64. The highest BCUT2D eigenvalue weighted by Gasteiger charge is 2.38. The molecule has 0 saturated carbocycles. The Morgan fingerprint density at radius 1 is 1.00 bits per heavy atom. The number of para-hydroxylation sites is 1. The number of ether oxygens (including phenoxy) is 1. The zero-order valence-electron chi connectivity index (χ0n) is 13.8. The molecule has 2 nitrogen and oxygen atoms in total. The molecule has 2 heteroatoms. The van der Waals surface area contributed by atoms with E-state index in [1.165, 1.54) is 16.7 Å². The SMILES string of the molecule is CCC1(CCN(C)C)c2ccccc2COc2ccccc21. The van der Waals surface area contributed by atoms with Crippen molar-refractivity contribution in [2.75, 3.05) is 20.6 Å². The summed E-state index contributed by atoms with van der Waals surface area (Å²) in [5, 5.41) is 0. The number of nitrogens with zero attached hydrogens (tertiary/aromatic N) is 1. The molecule has 22 heavy (non-hydrogen) atoms. The molecule has 0 amide bonds. The summed E-state index contributed by atoms with van der Waals surface area (Å²) in [6.45, 7) is 4.03. The van der Waals surface area contributed by atoms with Gasteiger partial charge in [0.1, 0.15) is 12.4 Å². The first-order valence-electron chi connectivity index (χ1n) is 8.13. The second kappa shape index (κ2) is 6.13. The van der Waals surface area contributed by atoms with Gasteiger partial charge in [-0.25, -0.2) is 0 Å². The van der Waals surface area contributed by atoms with Gasteiger partial charge < -0.3 is 9.64 Å². The molecule has 0 N–H and O–H groups in total. The van der Waals surface area contributed by atoms with Gasteiger partial charge in [0, 0.05) is 11.0 Å². The Labute approximate surface area is 133 Å². The molecule has 0 bridgehead atoms. The smallest absolute Gasteiger partial charge is 0.123 e. The van der Waals surface area contributed by atoms with Gasteiger partial charge in [0.25, 0.3) is 0 Å². The third-order valence-electron chi connectivity index (χ3n) is 4.91. The molecule has 3 rings (SSSR count). The maximum Gasteiger partial charge on any atom is 0.123 e. The molecule has 2 aromatic rings. The van der Waals surface area contributed by atoms with Crippen molar-refractivity contribution in [1.82, 2.24) is 4.90 Å². The Morgan fingerprint density at radius 3 is 2.41 bits per heavy atom. The maximum absolute atomic E-state index is 6.13. The third kappa shape index (κ3) is 2.52. The van der Waals surface area contributed by atoms with E-state index in [0.717, 1.165) is 25.1 Å². The lowest BCUT2D eigenvalue weighted by atomic mass is 9.68. The Bertz CT molecular complexity index is 600. The molecule has 0 saturated heterocycles. The first kappa shape index (κ1) is 15.1. The number of rotatable bonds is 4. The maximum atomic E-state index is 6.13. The van der Waals surface area contributed by atoms with Crippen LogP contribution in [0.5, 0.6) is 5.75 Å². The zero-order chi connectivity index (χ0) is 15.6. The van der Waals surface area contributed by atoms with Gasteiger partial charge in [-0.3, -0.25) is 0 Å². The van der Waals surface area contributed by atoms with Crippen LogP contribution in [0, 0.1) is 0 Å². The van der Waals surface area contributed by atoms with Crippen LogP contribution in [0.2, 0.25) is 0 Å². The fraction of sp³-hybridized carbons (Fsp3) is 0.400. The van der Waals surface area contributed by atoms with Gasteiger partial charge in [0.05, 0.1) is 0 Å². The van der Waals surface area contributed by atoms with Gasteiger partial charge in [0.2, 0.25) is 0 Å². The summed E-state index contributed by atoms with van der Waals surface area (Å²) in [6.07, 6.45) is 2.19. The summed E-state index contributed by atoms with van der Waals surface area (Å²) in [4.78, 5) is 2.27. The summed E-state index contributed by atoms with van der Waals surface area (Å²) >= 11 is 0. The summed E-state index contributed by atoms with van der Waals surface area (Å²) in [5.74, 6) is 1.04. The highest BCUT2D eigenvalue weighted by atomic mass is 16.5. The average Bonchev–Trinajstić information content (AvgIpc) is 2.68. The van der Waals surface area contributed by atoms with Crippen LogP contribution in [-0.2, 0) is 12.0 Å². The summed E-state index contributed by atoms with van der Waals surface area (Å²) in [6, 6.07) is 17.3. The lowest BCUT2D eigenvalue weighted by molar-refractivity contribution is 0.303. The summed E-state index contributed by atoms with van der Waals surface area (Å²) < 4.78 is 6.13. The minimum atomic E-state index is 0.0357. The third-order valence-corrected chi connectivity index (χ3v) is 4.91. The topological polar surface area (TPSA) is 12.5 Å². The van der Waals surface area contributed by atoms with E-state index >= 15 is 0 Å². The van der Waals surface area contributed by atoms with E-state index in [1.807, 2.05) is 0 Å². The molecule has 0 aromatic heterocycles. The standard InChI is InChI=1S/C20H25NO/c1-4-20(13-14-21(2)3)17-10-6-5-9-16(17)15-22-19-12-8-7-11-18(19)20/h5-12H,4,13-15H2,1-3H3. The number of hydrogen-bond donors (Lipinski definition) is 0. The minimum Gasteiger partial charge on any atom is -0.489 e. The van der Waals surface area contributed by atoms with E-state index < -0.39 is 0 Å². The number of fused-ring (bicyclic) bond motifs is 2.